The number of benzene rings is 1. The molecule has 3 heteroatoms. The summed E-state index contributed by atoms with van der Waals surface area (Å²) in [5, 5.41) is 0. The molecule has 0 aliphatic rings. The number of hydrogen-bond donors (Lipinski definition) is 2. The fourth-order valence-corrected chi connectivity index (χ4v) is 1.81. The Morgan fingerprint density at radius 3 is 2.81 bits per heavy atom. The SMILES string of the molecule is C=C/C=C(\C=C/C)NSc1ccccc1N. The maximum absolute atomic E-state index is 5.84. The molecule has 0 bridgehead atoms. The van der Waals surface area contributed by atoms with Gasteiger partial charge in [0.25, 0.3) is 0 Å². The number of hydrogen-bond acceptors (Lipinski definition) is 3. The molecular weight excluding hydrogens is 216 g/mol. The van der Waals surface area contributed by atoms with E-state index in [9.17, 15) is 0 Å². The van der Waals surface area contributed by atoms with Gasteiger partial charge in [0, 0.05) is 11.4 Å². The smallest absolute Gasteiger partial charge is 0.0514 e. The predicted octanol–water partition coefficient (Wildman–Crippen LogP) is 3.51. The van der Waals surface area contributed by atoms with Crippen molar-refractivity contribution in [3.8, 4) is 0 Å². The van der Waals surface area contributed by atoms with Crippen LogP contribution in [0.3, 0.4) is 0 Å². The van der Waals surface area contributed by atoms with Crippen LogP contribution in [-0.2, 0) is 0 Å². The van der Waals surface area contributed by atoms with Gasteiger partial charge in [0.05, 0.1) is 4.90 Å². The first kappa shape index (κ1) is 12.5. The molecule has 0 heterocycles. The molecule has 84 valence electrons. The number of rotatable bonds is 5. The highest BCUT2D eigenvalue weighted by molar-refractivity contribution is 7.97. The van der Waals surface area contributed by atoms with E-state index in [0.29, 0.717) is 0 Å². The highest BCUT2D eigenvalue weighted by Crippen LogP contribution is 2.22. The number of para-hydroxylation sites is 1. The summed E-state index contributed by atoms with van der Waals surface area (Å²) < 4.78 is 3.22. The molecule has 0 spiro atoms. The summed E-state index contributed by atoms with van der Waals surface area (Å²) in [7, 11) is 0. The second-order valence-electron chi connectivity index (χ2n) is 3.10. The first-order valence-corrected chi connectivity index (χ1v) is 5.82. The van der Waals surface area contributed by atoms with E-state index in [1.807, 2.05) is 49.4 Å². The zero-order chi connectivity index (χ0) is 11.8. The molecular formula is C13H16N2S. The molecule has 16 heavy (non-hydrogen) atoms. The fourth-order valence-electron chi connectivity index (χ4n) is 1.12. The molecule has 0 unspecified atom stereocenters. The highest BCUT2D eigenvalue weighted by atomic mass is 32.2. The molecule has 0 saturated carbocycles. The molecule has 0 atom stereocenters. The van der Waals surface area contributed by atoms with E-state index in [4.69, 9.17) is 5.73 Å². The average molecular weight is 232 g/mol. The van der Waals surface area contributed by atoms with Gasteiger partial charge in [-0.05, 0) is 43.2 Å². The third-order valence-electron chi connectivity index (χ3n) is 1.84. The summed E-state index contributed by atoms with van der Waals surface area (Å²) in [6.45, 7) is 5.64. The number of nitrogens with two attached hydrogens (primary N) is 1. The largest absolute Gasteiger partial charge is 0.398 e. The molecule has 0 aromatic heterocycles. The first-order valence-electron chi connectivity index (χ1n) is 5.00. The van der Waals surface area contributed by atoms with Crippen molar-refractivity contribution >= 4 is 17.6 Å². The van der Waals surface area contributed by atoms with E-state index in [0.717, 1.165) is 16.3 Å². The van der Waals surface area contributed by atoms with Crippen LogP contribution in [-0.4, -0.2) is 0 Å². The van der Waals surface area contributed by atoms with Gasteiger partial charge in [-0.15, -0.1) is 0 Å². The molecule has 2 nitrogen and oxygen atoms in total. The Labute approximate surface area is 101 Å². The Morgan fingerprint density at radius 1 is 1.44 bits per heavy atom. The van der Waals surface area contributed by atoms with Crippen molar-refractivity contribution in [1.29, 1.82) is 0 Å². The molecule has 3 N–H and O–H groups in total. The minimum Gasteiger partial charge on any atom is -0.398 e. The first-order chi connectivity index (χ1) is 7.77. The molecule has 0 aliphatic carbocycles. The van der Waals surface area contributed by atoms with Crippen LogP contribution >= 0.6 is 11.9 Å². The lowest BCUT2D eigenvalue weighted by molar-refractivity contribution is 1.27. The van der Waals surface area contributed by atoms with Crippen molar-refractivity contribution < 1.29 is 0 Å². The van der Waals surface area contributed by atoms with Crippen molar-refractivity contribution in [3.05, 3.63) is 60.8 Å². The van der Waals surface area contributed by atoms with Gasteiger partial charge in [-0.1, -0.05) is 30.9 Å². The van der Waals surface area contributed by atoms with Crippen LogP contribution in [0.1, 0.15) is 6.92 Å². The number of nitrogens with one attached hydrogen (secondary N) is 1. The van der Waals surface area contributed by atoms with Gasteiger partial charge in [-0.3, -0.25) is 0 Å². The van der Waals surface area contributed by atoms with Gasteiger partial charge in [-0.25, -0.2) is 0 Å². The number of anilines is 1. The summed E-state index contributed by atoms with van der Waals surface area (Å²) >= 11 is 1.49. The Balaban J connectivity index is 2.66. The maximum Gasteiger partial charge on any atom is 0.0514 e. The predicted molar refractivity (Wildman–Crippen MR) is 72.9 cm³/mol. The molecule has 0 fully saturated rings. The molecule has 1 rings (SSSR count). The Morgan fingerprint density at radius 2 is 2.19 bits per heavy atom. The van der Waals surface area contributed by atoms with Crippen LogP contribution in [0.4, 0.5) is 5.69 Å². The lowest BCUT2D eigenvalue weighted by Gasteiger charge is -2.07. The molecule has 1 aromatic rings. The molecule has 0 aliphatic heterocycles. The van der Waals surface area contributed by atoms with Crippen LogP contribution in [0, 0.1) is 0 Å². The third-order valence-corrected chi connectivity index (χ3v) is 2.77. The zero-order valence-corrected chi connectivity index (χ0v) is 10.1. The van der Waals surface area contributed by atoms with E-state index >= 15 is 0 Å². The molecule has 0 saturated heterocycles. The Kier molecular flexibility index (Phi) is 5.29. The second kappa shape index (κ2) is 6.80. The zero-order valence-electron chi connectivity index (χ0n) is 9.31. The lowest BCUT2D eigenvalue weighted by Crippen LogP contribution is -2.01. The lowest BCUT2D eigenvalue weighted by atomic mass is 10.3. The van der Waals surface area contributed by atoms with E-state index in [-0.39, 0.29) is 0 Å². The molecule has 0 amide bonds. The van der Waals surface area contributed by atoms with Crippen molar-refractivity contribution in [3.63, 3.8) is 0 Å². The van der Waals surface area contributed by atoms with Crippen LogP contribution in [0.2, 0.25) is 0 Å². The Bertz CT molecular complexity index is 408. The van der Waals surface area contributed by atoms with Gasteiger partial charge >= 0.3 is 0 Å². The van der Waals surface area contributed by atoms with E-state index in [2.05, 4.69) is 11.3 Å². The summed E-state index contributed by atoms with van der Waals surface area (Å²) in [6.07, 6.45) is 7.61. The standard InChI is InChI=1S/C13H16N2S/c1-3-7-11(8-4-2)15-16-13-10-6-5-9-12(13)14/h3-10,15H,1,14H2,2H3/b8-4-,11-7+. The molecule has 1 aromatic carbocycles. The average Bonchev–Trinajstić information content (AvgIpc) is 2.28. The Hall–Kier alpha value is -1.61. The van der Waals surface area contributed by atoms with Crippen molar-refractivity contribution in [2.45, 2.75) is 11.8 Å². The van der Waals surface area contributed by atoms with Gasteiger partial charge in [-0.2, -0.15) is 0 Å². The number of allylic oxidation sites excluding steroid dienone is 4. The van der Waals surface area contributed by atoms with Crippen LogP contribution < -0.4 is 10.5 Å². The van der Waals surface area contributed by atoms with Gasteiger partial charge in [0.15, 0.2) is 0 Å². The summed E-state index contributed by atoms with van der Waals surface area (Å²) in [5.74, 6) is 0. The maximum atomic E-state index is 5.84. The normalized spacial score (nSPS) is 11.7. The fraction of sp³-hybridized carbons (Fsp3) is 0.0769. The number of nitrogen functional groups attached to an aromatic ring is 1. The van der Waals surface area contributed by atoms with Crippen LogP contribution in [0.5, 0.6) is 0 Å². The van der Waals surface area contributed by atoms with Crippen molar-refractivity contribution in [2.75, 3.05) is 5.73 Å². The second-order valence-corrected chi connectivity index (χ2v) is 3.95. The van der Waals surface area contributed by atoms with E-state index in [1.54, 1.807) is 6.08 Å². The third kappa shape index (κ3) is 3.87. The highest BCUT2D eigenvalue weighted by Gasteiger charge is 1.98. The summed E-state index contributed by atoms with van der Waals surface area (Å²) in [5.41, 5.74) is 7.60. The van der Waals surface area contributed by atoms with Gasteiger partial charge in [0.2, 0.25) is 0 Å². The molecule has 0 radical (unpaired) electrons. The topological polar surface area (TPSA) is 38.0 Å². The van der Waals surface area contributed by atoms with Crippen LogP contribution in [0.25, 0.3) is 0 Å². The van der Waals surface area contributed by atoms with Crippen molar-refractivity contribution in [2.24, 2.45) is 0 Å². The minimum atomic E-state index is 0.776. The van der Waals surface area contributed by atoms with Crippen molar-refractivity contribution in [1.82, 2.24) is 4.72 Å². The van der Waals surface area contributed by atoms with Gasteiger partial charge in [0.1, 0.15) is 0 Å². The summed E-state index contributed by atoms with van der Waals surface area (Å²) in [4.78, 5) is 1.02. The van der Waals surface area contributed by atoms with E-state index in [1.165, 1.54) is 11.9 Å². The minimum absolute atomic E-state index is 0.776. The monoisotopic (exact) mass is 232 g/mol. The van der Waals surface area contributed by atoms with E-state index < -0.39 is 0 Å². The van der Waals surface area contributed by atoms with Crippen LogP contribution in [0.15, 0.2) is 65.7 Å². The van der Waals surface area contributed by atoms with Gasteiger partial charge < -0.3 is 10.5 Å². The summed E-state index contributed by atoms with van der Waals surface area (Å²) in [6, 6.07) is 7.75. The quantitative estimate of drug-likeness (QED) is 0.463.